The van der Waals surface area contributed by atoms with Gasteiger partial charge in [-0.2, -0.15) is 5.48 Å². The molecule has 0 aromatic heterocycles. The molecule has 72 valence electrons. The van der Waals surface area contributed by atoms with Gasteiger partial charge in [-0.15, -0.1) is 0 Å². The van der Waals surface area contributed by atoms with E-state index in [-0.39, 0.29) is 0 Å². The molecule has 2 nitrogen and oxygen atoms in total. The lowest BCUT2D eigenvalue weighted by molar-refractivity contribution is -0.829. The topological polar surface area (TPSA) is 25.8 Å². The van der Waals surface area contributed by atoms with Crippen molar-refractivity contribution in [2.24, 2.45) is 0 Å². The van der Waals surface area contributed by atoms with Crippen LogP contribution in [0.15, 0.2) is 40.9 Å². The smallest absolute Gasteiger partial charge is 0.170 e. The Morgan fingerprint density at radius 3 is 2.79 bits per heavy atom. The SMILES string of the molecule is CO[NH2+]c1cc(Br)cc2ccccc12. The minimum Gasteiger partial charge on any atom is -0.204 e. The largest absolute Gasteiger partial charge is 0.204 e. The molecule has 0 aliphatic carbocycles. The number of rotatable bonds is 2. The normalized spacial score (nSPS) is 10.7. The predicted molar refractivity (Wildman–Crippen MR) is 60.2 cm³/mol. The van der Waals surface area contributed by atoms with E-state index in [0.29, 0.717) is 0 Å². The monoisotopic (exact) mass is 252 g/mol. The van der Waals surface area contributed by atoms with Crippen LogP contribution in [0.2, 0.25) is 0 Å². The second-order valence-electron chi connectivity index (χ2n) is 3.07. The van der Waals surface area contributed by atoms with Crippen molar-refractivity contribution in [3.8, 4) is 0 Å². The first kappa shape index (κ1) is 9.65. The molecule has 0 unspecified atom stereocenters. The van der Waals surface area contributed by atoms with Crippen LogP contribution >= 0.6 is 15.9 Å². The standard InChI is InChI=1S/C11H10BrNO/c1-14-13-11-7-9(12)6-8-4-2-3-5-10(8)11/h2-7,13H,1H3/p+1. The highest BCUT2D eigenvalue weighted by Crippen LogP contribution is 2.24. The van der Waals surface area contributed by atoms with Crippen LogP contribution in [-0.2, 0) is 4.84 Å². The molecule has 0 saturated heterocycles. The van der Waals surface area contributed by atoms with Crippen molar-refractivity contribution in [2.75, 3.05) is 7.11 Å². The second kappa shape index (κ2) is 4.09. The molecule has 14 heavy (non-hydrogen) atoms. The van der Waals surface area contributed by atoms with E-state index in [0.717, 1.165) is 10.2 Å². The van der Waals surface area contributed by atoms with E-state index in [1.807, 2.05) is 18.2 Å². The number of quaternary nitrogens is 1. The van der Waals surface area contributed by atoms with Crippen LogP contribution in [0, 0.1) is 0 Å². The fourth-order valence-electron chi connectivity index (χ4n) is 1.53. The lowest BCUT2D eigenvalue weighted by Crippen LogP contribution is -2.76. The highest BCUT2D eigenvalue weighted by Gasteiger charge is 2.05. The zero-order chi connectivity index (χ0) is 9.97. The van der Waals surface area contributed by atoms with Gasteiger partial charge < -0.3 is 0 Å². The molecule has 0 atom stereocenters. The van der Waals surface area contributed by atoms with Gasteiger partial charge in [-0.05, 0) is 17.5 Å². The minimum absolute atomic E-state index is 1.07. The Morgan fingerprint density at radius 1 is 1.21 bits per heavy atom. The van der Waals surface area contributed by atoms with E-state index in [4.69, 9.17) is 4.84 Å². The van der Waals surface area contributed by atoms with Crippen LogP contribution in [0.4, 0.5) is 5.69 Å². The third kappa shape index (κ3) is 1.80. The molecule has 2 aromatic rings. The van der Waals surface area contributed by atoms with Gasteiger partial charge in [0.15, 0.2) is 5.69 Å². The van der Waals surface area contributed by atoms with Gasteiger partial charge in [-0.1, -0.05) is 34.1 Å². The summed E-state index contributed by atoms with van der Waals surface area (Å²) in [6, 6.07) is 12.4. The van der Waals surface area contributed by atoms with Gasteiger partial charge in [-0.25, -0.2) is 4.84 Å². The van der Waals surface area contributed by atoms with Crippen LogP contribution in [0.3, 0.4) is 0 Å². The van der Waals surface area contributed by atoms with E-state index in [9.17, 15) is 0 Å². The maximum absolute atomic E-state index is 5.05. The second-order valence-corrected chi connectivity index (χ2v) is 3.99. The van der Waals surface area contributed by atoms with Crippen molar-refractivity contribution in [2.45, 2.75) is 0 Å². The van der Waals surface area contributed by atoms with E-state index >= 15 is 0 Å². The molecule has 0 spiro atoms. The Kier molecular flexibility index (Phi) is 2.82. The summed E-state index contributed by atoms with van der Waals surface area (Å²) in [4.78, 5) is 5.05. The molecule has 0 fully saturated rings. The third-order valence-corrected chi connectivity index (χ3v) is 2.56. The number of nitrogens with two attached hydrogens (primary N) is 1. The molecular weight excluding hydrogens is 242 g/mol. The van der Waals surface area contributed by atoms with E-state index in [1.165, 1.54) is 10.8 Å². The van der Waals surface area contributed by atoms with Crippen LogP contribution in [0.25, 0.3) is 10.8 Å². The van der Waals surface area contributed by atoms with Crippen molar-refractivity contribution in [1.82, 2.24) is 0 Å². The number of halogens is 1. The Morgan fingerprint density at radius 2 is 2.00 bits per heavy atom. The lowest BCUT2D eigenvalue weighted by Gasteiger charge is -2.03. The van der Waals surface area contributed by atoms with Crippen LogP contribution in [-0.4, -0.2) is 7.11 Å². The number of benzene rings is 2. The molecular formula is C11H11BrNO+. The molecule has 2 N–H and O–H groups in total. The maximum atomic E-state index is 5.05. The summed E-state index contributed by atoms with van der Waals surface area (Å²) in [5, 5.41) is 2.42. The molecule has 0 saturated carbocycles. The average molecular weight is 253 g/mol. The van der Waals surface area contributed by atoms with Gasteiger partial charge in [-0.3, -0.25) is 0 Å². The minimum atomic E-state index is 1.07. The fourth-order valence-corrected chi connectivity index (χ4v) is 2.02. The van der Waals surface area contributed by atoms with Crippen molar-refractivity contribution in [3.63, 3.8) is 0 Å². The maximum Gasteiger partial charge on any atom is 0.170 e. The summed E-state index contributed by atoms with van der Waals surface area (Å²) < 4.78 is 1.07. The van der Waals surface area contributed by atoms with Gasteiger partial charge in [0.1, 0.15) is 0 Å². The number of hydrogen-bond acceptors (Lipinski definition) is 1. The number of hydrogen-bond donors (Lipinski definition) is 1. The first-order valence-corrected chi connectivity index (χ1v) is 5.15. The first-order chi connectivity index (χ1) is 6.81. The van der Waals surface area contributed by atoms with Crippen LogP contribution < -0.4 is 5.48 Å². The van der Waals surface area contributed by atoms with E-state index < -0.39 is 0 Å². The zero-order valence-electron chi connectivity index (χ0n) is 7.83. The van der Waals surface area contributed by atoms with Crippen molar-refractivity contribution < 1.29 is 10.3 Å². The lowest BCUT2D eigenvalue weighted by atomic mass is 10.1. The molecule has 0 aliphatic heterocycles. The van der Waals surface area contributed by atoms with E-state index in [1.54, 1.807) is 12.6 Å². The van der Waals surface area contributed by atoms with Gasteiger partial charge in [0.05, 0.1) is 7.11 Å². The van der Waals surface area contributed by atoms with Crippen molar-refractivity contribution in [1.29, 1.82) is 0 Å². The highest BCUT2D eigenvalue weighted by atomic mass is 79.9. The molecule has 2 rings (SSSR count). The Labute approximate surface area is 91.0 Å². The molecule has 0 heterocycles. The van der Waals surface area contributed by atoms with E-state index in [2.05, 4.69) is 34.1 Å². The average Bonchev–Trinajstić information content (AvgIpc) is 2.18. The summed E-state index contributed by atoms with van der Waals surface area (Å²) in [6.45, 7) is 0. The van der Waals surface area contributed by atoms with Crippen LogP contribution in [0.5, 0.6) is 0 Å². The molecule has 0 radical (unpaired) electrons. The molecule has 0 amide bonds. The summed E-state index contributed by atoms with van der Waals surface area (Å²) in [7, 11) is 1.66. The first-order valence-electron chi connectivity index (χ1n) is 4.35. The van der Waals surface area contributed by atoms with Gasteiger partial charge in [0, 0.05) is 15.9 Å². The van der Waals surface area contributed by atoms with Crippen molar-refractivity contribution >= 4 is 32.4 Å². The van der Waals surface area contributed by atoms with Gasteiger partial charge >= 0.3 is 0 Å². The fraction of sp³-hybridized carbons (Fsp3) is 0.0909. The van der Waals surface area contributed by atoms with Crippen molar-refractivity contribution in [3.05, 3.63) is 40.9 Å². The molecule has 0 aliphatic rings. The molecule has 0 bridgehead atoms. The Bertz CT molecular complexity index is 456. The summed E-state index contributed by atoms with van der Waals surface area (Å²) in [5.41, 5.74) is 2.85. The summed E-state index contributed by atoms with van der Waals surface area (Å²) in [6.07, 6.45) is 0. The van der Waals surface area contributed by atoms with Gasteiger partial charge in [0.2, 0.25) is 0 Å². The van der Waals surface area contributed by atoms with Gasteiger partial charge in [0.25, 0.3) is 0 Å². The molecule has 2 aromatic carbocycles. The summed E-state index contributed by atoms with van der Waals surface area (Å²) in [5.74, 6) is 0. The molecule has 3 heteroatoms. The Hall–Kier alpha value is -0.900. The Balaban J connectivity index is 2.67. The predicted octanol–water partition coefficient (Wildman–Crippen LogP) is 2.36. The third-order valence-electron chi connectivity index (χ3n) is 2.10. The summed E-state index contributed by atoms with van der Waals surface area (Å²) >= 11 is 3.48. The number of fused-ring (bicyclic) bond motifs is 1. The zero-order valence-corrected chi connectivity index (χ0v) is 9.41. The quantitative estimate of drug-likeness (QED) is 0.645. The van der Waals surface area contributed by atoms with Crippen LogP contribution in [0.1, 0.15) is 0 Å². The highest BCUT2D eigenvalue weighted by molar-refractivity contribution is 9.10.